The normalized spacial score (nSPS) is 21.7. The van der Waals surface area contributed by atoms with E-state index < -0.39 is 0 Å². The zero-order valence-corrected chi connectivity index (χ0v) is 9.37. The van der Waals surface area contributed by atoms with Gasteiger partial charge in [-0.15, -0.1) is 0 Å². The van der Waals surface area contributed by atoms with Crippen molar-refractivity contribution in [3.8, 4) is 0 Å². The molecule has 0 spiro atoms. The van der Waals surface area contributed by atoms with E-state index in [0.29, 0.717) is 13.0 Å². The van der Waals surface area contributed by atoms with Gasteiger partial charge in [-0.05, 0) is 35.2 Å². The summed E-state index contributed by atoms with van der Waals surface area (Å²) in [6, 6.07) is 1.98. The summed E-state index contributed by atoms with van der Waals surface area (Å²) in [7, 11) is 0. The first-order valence-corrected chi connectivity index (χ1v) is 6.17. The molecule has 3 nitrogen and oxygen atoms in total. The van der Waals surface area contributed by atoms with Crippen LogP contribution < -0.4 is 0 Å². The molecule has 15 heavy (non-hydrogen) atoms. The van der Waals surface area contributed by atoms with Crippen LogP contribution in [-0.2, 0) is 11.2 Å². The summed E-state index contributed by atoms with van der Waals surface area (Å²) < 4.78 is 0. The highest BCUT2D eigenvalue weighted by atomic mass is 32.1. The number of aliphatic hydroxyl groups excluding tert-OH is 1. The standard InChI is InChI=1S/C11H15NO2S/c13-10-2-1-4-12(7-10)11(14)6-9-3-5-15-8-9/h3,5,8,10,13H,1-2,4,6-7H2/t10-/m1/s1. The van der Waals surface area contributed by atoms with Crippen LogP contribution >= 0.6 is 11.3 Å². The highest BCUT2D eigenvalue weighted by Crippen LogP contribution is 2.13. The van der Waals surface area contributed by atoms with Gasteiger partial charge in [0.05, 0.1) is 12.5 Å². The van der Waals surface area contributed by atoms with E-state index in [1.165, 1.54) is 0 Å². The molecule has 0 aliphatic carbocycles. The lowest BCUT2D eigenvalue weighted by atomic mass is 10.1. The van der Waals surface area contributed by atoms with E-state index in [9.17, 15) is 9.90 Å². The van der Waals surface area contributed by atoms with Gasteiger partial charge in [-0.1, -0.05) is 0 Å². The third-order valence-corrected chi connectivity index (χ3v) is 3.42. The van der Waals surface area contributed by atoms with E-state index in [2.05, 4.69) is 0 Å². The molecule has 0 bridgehead atoms. The zero-order valence-electron chi connectivity index (χ0n) is 8.56. The Labute approximate surface area is 93.3 Å². The van der Waals surface area contributed by atoms with Crippen molar-refractivity contribution in [1.82, 2.24) is 4.90 Å². The molecule has 1 aliphatic rings. The minimum Gasteiger partial charge on any atom is -0.391 e. The molecule has 0 aromatic carbocycles. The minimum absolute atomic E-state index is 0.132. The number of hydrogen-bond acceptors (Lipinski definition) is 3. The number of nitrogens with zero attached hydrogens (tertiary/aromatic N) is 1. The molecule has 1 aromatic heterocycles. The van der Waals surface area contributed by atoms with Gasteiger partial charge in [-0.2, -0.15) is 11.3 Å². The molecule has 1 saturated heterocycles. The number of aliphatic hydroxyl groups is 1. The van der Waals surface area contributed by atoms with Crippen LogP contribution in [0.15, 0.2) is 16.8 Å². The Bertz CT molecular complexity index is 323. The maximum Gasteiger partial charge on any atom is 0.227 e. The van der Waals surface area contributed by atoms with Crippen LogP contribution in [0.4, 0.5) is 0 Å². The van der Waals surface area contributed by atoms with Crippen LogP contribution in [0.5, 0.6) is 0 Å². The molecule has 0 saturated carbocycles. The Morgan fingerprint density at radius 3 is 3.20 bits per heavy atom. The van der Waals surface area contributed by atoms with Crippen LogP contribution in [0, 0.1) is 0 Å². The molecular formula is C11H15NO2S. The fraction of sp³-hybridized carbons (Fsp3) is 0.545. The second kappa shape index (κ2) is 4.77. The monoisotopic (exact) mass is 225 g/mol. The smallest absolute Gasteiger partial charge is 0.227 e. The van der Waals surface area contributed by atoms with Crippen LogP contribution in [0.25, 0.3) is 0 Å². The maximum atomic E-state index is 11.8. The topological polar surface area (TPSA) is 40.5 Å². The number of amides is 1. The van der Waals surface area contributed by atoms with Gasteiger partial charge in [0.25, 0.3) is 0 Å². The molecule has 0 unspecified atom stereocenters. The lowest BCUT2D eigenvalue weighted by molar-refractivity contribution is -0.133. The first kappa shape index (κ1) is 10.6. The average Bonchev–Trinajstić information content (AvgIpc) is 2.70. The Morgan fingerprint density at radius 1 is 1.67 bits per heavy atom. The van der Waals surface area contributed by atoms with Crippen LogP contribution in [0.3, 0.4) is 0 Å². The van der Waals surface area contributed by atoms with Gasteiger partial charge in [0.15, 0.2) is 0 Å². The van der Waals surface area contributed by atoms with Gasteiger partial charge in [0, 0.05) is 13.1 Å². The number of carbonyl (C=O) groups is 1. The fourth-order valence-corrected chi connectivity index (χ4v) is 2.53. The van der Waals surface area contributed by atoms with Crippen molar-refractivity contribution in [1.29, 1.82) is 0 Å². The van der Waals surface area contributed by atoms with Gasteiger partial charge < -0.3 is 10.0 Å². The summed E-state index contributed by atoms with van der Waals surface area (Å²) in [4.78, 5) is 13.6. The largest absolute Gasteiger partial charge is 0.391 e. The molecule has 4 heteroatoms. The summed E-state index contributed by atoms with van der Waals surface area (Å²) in [5.74, 6) is 0.132. The summed E-state index contributed by atoms with van der Waals surface area (Å²) in [6.45, 7) is 1.29. The van der Waals surface area contributed by atoms with Crippen molar-refractivity contribution in [3.05, 3.63) is 22.4 Å². The molecule has 1 aromatic rings. The first-order chi connectivity index (χ1) is 7.25. The van der Waals surface area contributed by atoms with Gasteiger partial charge in [0.2, 0.25) is 5.91 Å². The summed E-state index contributed by atoms with van der Waals surface area (Å²) in [5, 5.41) is 13.4. The van der Waals surface area contributed by atoms with Crippen LogP contribution in [0.1, 0.15) is 18.4 Å². The predicted octanol–water partition coefficient (Wildman–Crippen LogP) is 1.27. The van der Waals surface area contributed by atoms with E-state index in [1.54, 1.807) is 16.2 Å². The Morgan fingerprint density at radius 2 is 2.53 bits per heavy atom. The number of rotatable bonds is 2. The van der Waals surface area contributed by atoms with Gasteiger partial charge in [-0.25, -0.2) is 0 Å². The molecule has 0 radical (unpaired) electrons. The summed E-state index contributed by atoms with van der Waals surface area (Å²) >= 11 is 1.61. The molecule has 2 rings (SSSR count). The minimum atomic E-state index is -0.329. The van der Waals surface area contributed by atoms with Crippen molar-refractivity contribution >= 4 is 17.2 Å². The third-order valence-electron chi connectivity index (χ3n) is 2.68. The van der Waals surface area contributed by atoms with Gasteiger partial charge in [-0.3, -0.25) is 4.79 Å². The number of piperidine rings is 1. The third kappa shape index (κ3) is 2.79. The van der Waals surface area contributed by atoms with E-state index in [0.717, 1.165) is 24.9 Å². The lowest BCUT2D eigenvalue weighted by Gasteiger charge is -2.30. The Hall–Kier alpha value is -0.870. The molecule has 82 valence electrons. The fourth-order valence-electron chi connectivity index (χ4n) is 1.86. The molecule has 1 aliphatic heterocycles. The van der Waals surface area contributed by atoms with Crippen molar-refractivity contribution in [2.75, 3.05) is 13.1 Å². The van der Waals surface area contributed by atoms with E-state index in [4.69, 9.17) is 0 Å². The van der Waals surface area contributed by atoms with Crippen molar-refractivity contribution < 1.29 is 9.90 Å². The molecule has 1 atom stereocenters. The molecule has 1 fully saturated rings. The van der Waals surface area contributed by atoms with Gasteiger partial charge in [0.1, 0.15) is 0 Å². The highest BCUT2D eigenvalue weighted by molar-refractivity contribution is 7.07. The number of carbonyl (C=O) groups excluding carboxylic acids is 1. The second-order valence-electron chi connectivity index (χ2n) is 3.94. The predicted molar refractivity (Wildman–Crippen MR) is 59.8 cm³/mol. The molecule has 2 heterocycles. The maximum absolute atomic E-state index is 11.8. The van der Waals surface area contributed by atoms with Crippen molar-refractivity contribution in [3.63, 3.8) is 0 Å². The average molecular weight is 225 g/mol. The van der Waals surface area contributed by atoms with E-state index in [1.807, 2.05) is 16.8 Å². The Balaban J connectivity index is 1.90. The van der Waals surface area contributed by atoms with Crippen LogP contribution in [-0.4, -0.2) is 35.1 Å². The van der Waals surface area contributed by atoms with Crippen molar-refractivity contribution in [2.45, 2.75) is 25.4 Å². The Kier molecular flexibility index (Phi) is 3.38. The number of β-amino-alcohol motifs (C(OH)–C–C–N with tert-alkyl or cyclic N) is 1. The van der Waals surface area contributed by atoms with Gasteiger partial charge >= 0.3 is 0 Å². The molecule has 1 N–H and O–H groups in total. The highest BCUT2D eigenvalue weighted by Gasteiger charge is 2.21. The number of thiophene rings is 1. The lowest BCUT2D eigenvalue weighted by Crippen LogP contribution is -2.42. The zero-order chi connectivity index (χ0) is 10.7. The van der Waals surface area contributed by atoms with E-state index >= 15 is 0 Å². The SMILES string of the molecule is O=C(Cc1ccsc1)N1CCC[C@@H](O)C1. The summed E-state index contributed by atoms with van der Waals surface area (Å²) in [5.41, 5.74) is 1.07. The second-order valence-corrected chi connectivity index (χ2v) is 4.72. The quantitative estimate of drug-likeness (QED) is 0.823. The first-order valence-electron chi connectivity index (χ1n) is 5.22. The van der Waals surface area contributed by atoms with Crippen LogP contribution in [0.2, 0.25) is 0 Å². The van der Waals surface area contributed by atoms with E-state index in [-0.39, 0.29) is 12.0 Å². The molecule has 1 amide bonds. The number of hydrogen-bond donors (Lipinski definition) is 1. The molecular weight excluding hydrogens is 210 g/mol. The van der Waals surface area contributed by atoms with Crippen molar-refractivity contribution in [2.24, 2.45) is 0 Å². The summed E-state index contributed by atoms with van der Waals surface area (Å²) in [6.07, 6.45) is 1.87. The number of likely N-dealkylation sites (tertiary alicyclic amines) is 1.